The molecule has 1 N–H and O–H groups in total. The van der Waals surface area contributed by atoms with Crippen LogP contribution in [0.5, 0.6) is 0 Å². The fourth-order valence-corrected chi connectivity index (χ4v) is 5.01. The SMILES string of the molecule is C=C(CC(C)CC1CC=CCO1)CC(O)CCCC(OC(=O)/C=C\C)C(/C=C/C1CC(C)=CCO1)OC(C)=O. The maximum atomic E-state index is 12.3. The van der Waals surface area contributed by atoms with Crippen LogP contribution < -0.4 is 0 Å². The van der Waals surface area contributed by atoms with Gasteiger partial charge in [-0.2, -0.15) is 0 Å². The molecule has 0 radical (unpaired) electrons. The predicted octanol–water partition coefficient (Wildman–Crippen LogP) is 5.94. The van der Waals surface area contributed by atoms with Crippen LogP contribution in [0.15, 0.2) is 60.3 Å². The lowest BCUT2D eigenvalue weighted by Crippen LogP contribution is -2.34. The summed E-state index contributed by atoms with van der Waals surface area (Å²) in [6.45, 7) is 12.7. The van der Waals surface area contributed by atoms with Gasteiger partial charge in [-0.15, -0.1) is 0 Å². The summed E-state index contributed by atoms with van der Waals surface area (Å²) in [5.41, 5.74) is 2.26. The largest absolute Gasteiger partial charge is 0.455 e. The Hall–Kier alpha value is -2.48. The second-order valence-corrected chi connectivity index (χ2v) is 10.8. The number of ether oxygens (including phenoxy) is 4. The normalized spacial score (nSPS) is 22.7. The van der Waals surface area contributed by atoms with E-state index in [4.69, 9.17) is 18.9 Å². The molecule has 0 spiro atoms. The number of carbonyl (C=O) groups excluding carboxylic acids is 2. The van der Waals surface area contributed by atoms with Gasteiger partial charge in [-0.3, -0.25) is 4.79 Å². The molecular formula is C32H48O7. The van der Waals surface area contributed by atoms with Crippen molar-refractivity contribution in [3.05, 3.63) is 60.3 Å². The first-order chi connectivity index (χ1) is 18.7. The van der Waals surface area contributed by atoms with Gasteiger partial charge in [-0.25, -0.2) is 4.79 Å². The van der Waals surface area contributed by atoms with Crippen LogP contribution in [-0.2, 0) is 28.5 Å². The summed E-state index contributed by atoms with van der Waals surface area (Å²) in [4.78, 5) is 24.2. The molecule has 0 saturated heterocycles. The molecule has 218 valence electrons. The fraction of sp³-hybridized carbons (Fsp3) is 0.625. The molecule has 0 bridgehead atoms. The summed E-state index contributed by atoms with van der Waals surface area (Å²) in [5.74, 6) is -0.529. The summed E-state index contributed by atoms with van der Waals surface area (Å²) in [6.07, 6.45) is 16.6. The third-order valence-electron chi connectivity index (χ3n) is 6.87. The molecule has 6 atom stereocenters. The van der Waals surface area contributed by atoms with Crippen molar-refractivity contribution in [1.29, 1.82) is 0 Å². The second-order valence-electron chi connectivity index (χ2n) is 10.8. The highest BCUT2D eigenvalue weighted by atomic mass is 16.6. The van der Waals surface area contributed by atoms with Crippen LogP contribution in [0.2, 0.25) is 0 Å². The van der Waals surface area contributed by atoms with Gasteiger partial charge in [0.25, 0.3) is 0 Å². The van der Waals surface area contributed by atoms with Gasteiger partial charge in [0.2, 0.25) is 0 Å². The molecule has 39 heavy (non-hydrogen) atoms. The van der Waals surface area contributed by atoms with Crippen molar-refractivity contribution in [2.24, 2.45) is 5.92 Å². The van der Waals surface area contributed by atoms with Gasteiger partial charge in [0.1, 0.15) is 6.10 Å². The Bertz CT molecular complexity index is 900. The van der Waals surface area contributed by atoms with Crippen LogP contribution >= 0.6 is 0 Å². The molecule has 0 amide bonds. The molecule has 0 saturated carbocycles. The van der Waals surface area contributed by atoms with Crippen molar-refractivity contribution < 1.29 is 33.6 Å². The van der Waals surface area contributed by atoms with E-state index in [9.17, 15) is 14.7 Å². The number of aliphatic hydroxyl groups excluding tert-OH is 1. The minimum absolute atomic E-state index is 0.128. The smallest absolute Gasteiger partial charge is 0.330 e. The third-order valence-corrected chi connectivity index (χ3v) is 6.87. The third kappa shape index (κ3) is 13.9. The molecule has 0 fully saturated rings. The van der Waals surface area contributed by atoms with E-state index in [1.165, 1.54) is 18.6 Å². The van der Waals surface area contributed by atoms with Crippen LogP contribution in [0.4, 0.5) is 0 Å². The standard InChI is InChI=1S/C32H48O7/c1-6-10-32(35)39-30(31(38-26(5)33)15-14-29-21-23(2)16-18-37-29)13-9-11-27(34)20-24(3)19-25(4)22-28-12-7-8-17-36-28/h6-8,10,14-16,25,27-31,34H,3,9,11-13,17-22H2,1-2,4-5H3/b10-6-,15-14+. The molecule has 6 unspecified atom stereocenters. The molecule has 0 aliphatic carbocycles. The Kier molecular flexibility index (Phi) is 15.1. The van der Waals surface area contributed by atoms with Crippen LogP contribution in [0.1, 0.15) is 79.1 Å². The van der Waals surface area contributed by atoms with E-state index in [-0.39, 0.29) is 12.2 Å². The topological polar surface area (TPSA) is 91.3 Å². The Labute approximate surface area is 234 Å². The average molecular weight is 545 g/mol. The van der Waals surface area contributed by atoms with E-state index < -0.39 is 30.3 Å². The van der Waals surface area contributed by atoms with Crippen molar-refractivity contribution in [3.63, 3.8) is 0 Å². The number of rotatable bonds is 16. The number of carbonyl (C=O) groups is 2. The number of esters is 2. The first-order valence-corrected chi connectivity index (χ1v) is 14.2. The molecular weight excluding hydrogens is 496 g/mol. The van der Waals surface area contributed by atoms with Gasteiger partial charge >= 0.3 is 11.9 Å². The van der Waals surface area contributed by atoms with Crippen molar-refractivity contribution in [2.45, 2.75) is 110 Å². The van der Waals surface area contributed by atoms with E-state index in [0.717, 1.165) is 31.3 Å². The zero-order chi connectivity index (χ0) is 28.6. The number of hydrogen-bond acceptors (Lipinski definition) is 7. The van der Waals surface area contributed by atoms with E-state index in [1.54, 1.807) is 19.1 Å². The van der Waals surface area contributed by atoms with Crippen molar-refractivity contribution in [1.82, 2.24) is 0 Å². The minimum Gasteiger partial charge on any atom is -0.455 e. The average Bonchev–Trinajstić information content (AvgIpc) is 2.86. The van der Waals surface area contributed by atoms with E-state index >= 15 is 0 Å². The molecule has 2 heterocycles. The lowest BCUT2D eigenvalue weighted by Gasteiger charge is -2.26. The minimum atomic E-state index is -0.753. The van der Waals surface area contributed by atoms with Crippen molar-refractivity contribution >= 4 is 11.9 Å². The first-order valence-electron chi connectivity index (χ1n) is 14.2. The first kappa shape index (κ1) is 32.7. The number of allylic oxidation sites excluding steroid dienone is 1. The van der Waals surface area contributed by atoms with Gasteiger partial charge in [-0.1, -0.05) is 55.0 Å². The van der Waals surface area contributed by atoms with Gasteiger partial charge in [0.05, 0.1) is 31.5 Å². The van der Waals surface area contributed by atoms with Crippen LogP contribution in [-0.4, -0.2) is 60.8 Å². The maximum Gasteiger partial charge on any atom is 0.330 e. The van der Waals surface area contributed by atoms with Gasteiger partial charge < -0.3 is 24.1 Å². The lowest BCUT2D eigenvalue weighted by molar-refractivity contribution is -0.160. The van der Waals surface area contributed by atoms with Crippen LogP contribution in [0, 0.1) is 5.92 Å². The number of aliphatic hydroxyl groups is 1. The molecule has 0 aromatic heterocycles. The molecule has 2 rings (SSSR count). The molecule has 0 aromatic carbocycles. The molecule has 2 aliphatic heterocycles. The Morgan fingerprint density at radius 1 is 1.18 bits per heavy atom. The highest BCUT2D eigenvalue weighted by Gasteiger charge is 2.26. The monoisotopic (exact) mass is 544 g/mol. The van der Waals surface area contributed by atoms with Crippen molar-refractivity contribution in [2.75, 3.05) is 13.2 Å². The summed E-state index contributed by atoms with van der Waals surface area (Å²) in [7, 11) is 0. The molecule has 2 aliphatic rings. The quantitative estimate of drug-likeness (QED) is 0.146. The van der Waals surface area contributed by atoms with Gasteiger partial charge in [0.15, 0.2) is 6.10 Å². The van der Waals surface area contributed by atoms with Gasteiger partial charge in [-0.05, 0) is 77.2 Å². The summed E-state index contributed by atoms with van der Waals surface area (Å²) < 4.78 is 22.8. The maximum absolute atomic E-state index is 12.3. The zero-order valence-corrected chi connectivity index (χ0v) is 24.2. The Morgan fingerprint density at radius 2 is 1.97 bits per heavy atom. The predicted molar refractivity (Wildman–Crippen MR) is 153 cm³/mol. The van der Waals surface area contributed by atoms with E-state index in [0.29, 0.717) is 44.8 Å². The Morgan fingerprint density at radius 3 is 2.64 bits per heavy atom. The molecule has 7 nitrogen and oxygen atoms in total. The molecule has 7 heteroatoms. The van der Waals surface area contributed by atoms with E-state index in [1.807, 2.05) is 12.2 Å². The Balaban J connectivity index is 1.91. The summed E-state index contributed by atoms with van der Waals surface area (Å²) in [6, 6.07) is 0. The second kappa shape index (κ2) is 18.0. The fourth-order valence-electron chi connectivity index (χ4n) is 5.01. The lowest BCUT2D eigenvalue weighted by atomic mass is 9.91. The van der Waals surface area contributed by atoms with Gasteiger partial charge in [0, 0.05) is 13.0 Å². The van der Waals surface area contributed by atoms with E-state index in [2.05, 4.69) is 32.6 Å². The molecule has 0 aromatic rings. The van der Waals surface area contributed by atoms with Crippen molar-refractivity contribution in [3.8, 4) is 0 Å². The summed E-state index contributed by atoms with van der Waals surface area (Å²) in [5, 5.41) is 10.7. The highest BCUT2D eigenvalue weighted by molar-refractivity contribution is 5.82. The highest BCUT2D eigenvalue weighted by Crippen LogP contribution is 2.25. The summed E-state index contributed by atoms with van der Waals surface area (Å²) >= 11 is 0. The van der Waals surface area contributed by atoms with Crippen LogP contribution in [0.3, 0.4) is 0 Å². The van der Waals surface area contributed by atoms with Crippen LogP contribution in [0.25, 0.3) is 0 Å². The zero-order valence-electron chi connectivity index (χ0n) is 24.2. The number of hydrogen-bond donors (Lipinski definition) is 1.